The minimum atomic E-state index is -6.23. The molecule has 0 aliphatic rings. The third-order valence-electron chi connectivity index (χ3n) is 4.91. The fourth-order valence-corrected chi connectivity index (χ4v) is 2.98. The number of Topliss-reactive ketones (excluding diaryl/α,β-unsaturated/α-hetero) is 1. The Morgan fingerprint density at radius 3 is 1.32 bits per heavy atom. The van der Waals surface area contributed by atoms with Crippen LogP contribution in [0.15, 0.2) is 0 Å². The molecule has 0 spiro atoms. The first kappa shape index (κ1) is 27.2. The van der Waals surface area contributed by atoms with Crippen molar-refractivity contribution in [3.63, 3.8) is 0 Å². The van der Waals surface area contributed by atoms with Crippen molar-refractivity contribution in [2.24, 2.45) is 0 Å². The van der Waals surface area contributed by atoms with Crippen molar-refractivity contribution in [1.29, 1.82) is 0 Å². The minimum Gasteiger partial charge on any atom is -0.300 e. The molecule has 0 rings (SSSR count). The van der Waals surface area contributed by atoms with Crippen LogP contribution in [0, 0.1) is 0 Å². The van der Waals surface area contributed by atoms with Crippen molar-refractivity contribution in [2.75, 3.05) is 0 Å². The summed E-state index contributed by atoms with van der Waals surface area (Å²) in [6.45, 7) is 1.87. The van der Waals surface area contributed by atoms with E-state index in [1.807, 2.05) is 6.92 Å². The Labute approximate surface area is 163 Å². The van der Waals surface area contributed by atoms with Crippen LogP contribution in [0.2, 0.25) is 0 Å². The Hall–Kier alpha value is -0.820. The maximum absolute atomic E-state index is 13.1. The number of halogens is 7. The van der Waals surface area contributed by atoms with Gasteiger partial charge in [0.25, 0.3) is 0 Å². The van der Waals surface area contributed by atoms with Crippen LogP contribution in [0.25, 0.3) is 0 Å². The largest absolute Gasteiger partial charge is 0.459 e. The van der Waals surface area contributed by atoms with Crippen molar-refractivity contribution in [1.82, 2.24) is 0 Å². The molecule has 0 aliphatic heterocycles. The van der Waals surface area contributed by atoms with Gasteiger partial charge in [0.1, 0.15) is 5.78 Å². The van der Waals surface area contributed by atoms with Crippen molar-refractivity contribution >= 4 is 5.78 Å². The summed E-state index contributed by atoms with van der Waals surface area (Å²) >= 11 is 0. The molecule has 0 saturated heterocycles. The fraction of sp³-hybridized carbons (Fsp3) is 0.950. The van der Waals surface area contributed by atoms with Gasteiger partial charge < -0.3 is 0 Å². The summed E-state index contributed by atoms with van der Waals surface area (Å²) < 4.78 is 87.6. The number of unbranched alkanes of at least 4 members (excludes halogenated alkanes) is 11. The van der Waals surface area contributed by atoms with Gasteiger partial charge in [0.15, 0.2) is 0 Å². The number of hydrogen-bond acceptors (Lipinski definition) is 1. The first-order valence-electron chi connectivity index (χ1n) is 10.3. The second-order valence-electron chi connectivity index (χ2n) is 7.41. The Balaban J connectivity index is 3.55. The number of ketones is 1. The quantitative estimate of drug-likeness (QED) is 0.170. The van der Waals surface area contributed by atoms with E-state index in [0.717, 1.165) is 57.8 Å². The molecule has 0 N–H and O–H groups in total. The van der Waals surface area contributed by atoms with E-state index in [1.165, 1.54) is 0 Å². The van der Waals surface area contributed by atoms with Crippen LogP contribution in [0.3, 0.4) is 0 Å². The van der Waals surface area contributed by atoms with Gasteiger partial charge in [-0.15, -0.1) is 0 Å². The maximum atomic E-state index is 13.1. The lowest BCUT2D eigenvalue weighted by Crippen LogP contribution is -2.51. The summed E-state index contributed by atoms with van der Waals surface area (Å²) in [5, 5.41) is 0. The van der Waals surface area contributed by atoms with Gasteiger partial charge in [-0.05, 0) is 12.8 Å². The zero-order chi connectivity index (χ0) is 21.7. The van der Waals surface area contributed by atoms with Gasteiger partial charge in [0.2, 0.25) is 0 Å². The molecule has 0 atom stereocenters. The normalized spacial score (nSPS) is 13.1. The van der Waals surface area contributed by atoms with E-state index in [-0.39, 0.29) is 12.8 Å². The van der Waals surface area contributed by atoms with Crippen LogP contribution < -0.4 is 0 Å². The highest BCUT2D eigenvalue weighted by Gasteiger charge is 2.72. The molecule has 8 heteroatoms. The smallest absolute Gasteiger partial charge is 0.300 e. The molecule has 0 unspecified atom stereocenters. The van der Waals surface area contributed by atoms with E-state index in [0.29, 0.717) is 25.0 Å². The maximum Gasteiger partial charge on any atom is 0.459 e. The Morgan fingerprint density at radius 2 is 0.964 bits per heavy atom. The fourth-order valence-electron chi connectivity index (χ4n) is 2.98. The molecule has 0 aliphatic carbocycles. The Morgan fingerprint density at radius 1 is 0.607 bits per heavy atom. The second-order valence-corrected chi connectivity index (χ2v) is 7.41. The topological polar surface area (TPSA) is 17.1 Å². The molecule has 0 amide bonds. The lowest BCUT2D eigenvalue weighted by atomic mass is 10.0. The van der Waals surface area contributed by atoms with E-state index in [9.17, 15) is 35.5 Å². The molecule has 28 heavy (non-hydrogen) atoms. The first-order chi connectivity index (χ1) is 13.0. The number of rotatable bonds is 17. The summed E-state index contributed by atoms with van der Waals surface area (Å²) in [7, 11) is 0. The highest BCUT2D eigenvalue weighted by molar-refractivity contribution is 5.77. The van der Waals surface area contributed by atoms with Crippen LogP contribution in [0.5, 0.6) is 0 Å². The van der Waals surface area contributed by atoms with Crippen molar-refractivity contribution < 1.29 is 35.5 Å². The molecule has 0 bridgehead atoms. The third kappa shape index (κ3) is 10.6. The number of carbonyl (C=O) groups is 1. The Bertz CT molecular complexity index is 419. The second kappa shape index (κ2) is 13.4. The molecular weight excluding hydrogens is 389 g/mol. The van der Waals surface area contributed by atoms with E-state index in [2.05, 4.69) is 0 Å². The average Bonchev–Trinajstić information content (AvgIpc) is 2.60. The van der Waals surface area contributed by atoms with Gasteiger partial charge in [0, 0.05) is 19.3 Å². The van der Waals surface area contributed by atoms with E-state index in [4.69, 9.17) is 0 Å². The standard InChI is InChI=1S/C20H33F7O/c1-2-17(28)15-13-11-9-7-5-3-4-6-8-10-12-14-16-18(21,22)19(23,24)20(25,26)27/h2-16H2,1H3. The van der Waals surface area contributed by atoms with Crippen molar-refractivity contribution in [3.05, 3.63) is 0 Å². The highest BCUT2D eigenvalue weighted by Crippen LogP contribution is 2.48. The van der Waals surface area contributed by atoms with Gasteiger partial charge >= 0.3 is 18.0 Å². The molecule has 0 fully saturated rings. The highest BCUT2D eigenvalue weighted by atomic mass is 19.4. The summed E-state index contributed by atoms with van der Waals surface area (Å²) in [5.41, 5.74) is 0. The monoisotopic (exact) mass is 422 g/mol. The summed E-state index contributed by atoms with van der Waals surface area (Å²) in [6.07, 6.45) is 3.05. The molecule has 0 heterocycles. The summed E-state index contributed by atoms with van der Waals surface area (Å²) in [6, 6.07) is 0. The number of hydrogen-bond donors (Lipinski definition) is 0. The van der Waals surface area contributed by atoms with Gasteiger partial charge in [-0.1, -0.05) is 71.1 Å². The zero-order valence-electron chi connectivity index (χ0n) is 16.7. The predicted molar refractivity (Wildman–Crippen MR) is 95.9 cm³/mol. The summed E-state index contributed by atoms with van der Waals surface area (Å²) in [5.74, 6) is -10.7. The minimum absolute atomic E-state index is 0.222. The molecule has 0 aromatic carbocycles. The van der Waals surface area contributed by atoms with Crippen LogP contribution in [-0.4, -0.2) is 23.8 Å². The average molecular weight is 422 g/mol. The van der Waals surface area contributed by atoms with Crippen LogP contribution >= 0.6 is 0 Å². The molecule has 0 saturated carbocycles. The van der Waals surface area contributed by atoms with Crippen LogP contribution in [0.4, 0.5) is 30.7 Å². The lowest BCUT2D eigenvalue weighted by molar-refractivity contribution is -0.355. The molecule has 1 nitrogen and oxygen atoms in total. The third-order valence-corrected chi connectivity index (χ3v) is 4.91. The summed E-state index contributed by atoms with van der Waals surface area (Å²) in [4.78, 5) is 11.1. The van der Waals surface area contributed by atoms with E-state index in [1.54, 1.807) is 0 Å². The van der Waals surface area contributed by atoms with Crippen LogP contribution in [-0.2, 0) is 4.79 Å². The van der Waals surface area contributed by atoms with Gasteiger partial charge in [-0.2, -0.15) is 30.7 Å². The van der Waals surface area contributed by atoms with Crippen molar-refractivity contribution in [2.45, 2.75) is 121 Å². The molecule has 0 radical (unpaired) electrons. The zero-order valence-corrected chi connectivity index (χ0v) is 16.7. The number of carbonyl (C=O) groups excluding carboxylic acids is 1. The lowest BCUT2D eigenvalue weighted by Gasteiger charge is -2.28. The van der Waals surface area contributed by atoms with E-state index >= 15 is 0 Å². The molecule has 0 aromatic heterocycles. The van der Waals surface area contributed by atoms with Gasteiger partial charge in [0.05, 0.1) is 0 Å². The van der Waals surface area contributed by atoms with E-state index < -0.39 is 24.4 Å². The predicted octanol–water partition coefficient (Wildman–Crippen LogP) is 8.26. The van der Waals surface area contributed by atoms with Gasteiger partial charge in [-0.25, -0.2) is 0 Å². The van der Waals surface area contributed by atoms with Crippen LogP contribution in [0.1, 0.15) is 103 Å². The Kier molecular flexibility index (Phi) is 13.0. The molecule has 168 valence electrons. The first-order valence-corrected chi connectivity index (χ1v) is 10.3. The number of alkyl halides is 7. The SMILES string of the molecule is CCC(=O)CCCCCCCCCCCCCCC(F)(F)C(F)(F)C(F)(F)F. The van der Waals surface area contributed by atoms with Crippen molar-refractivity contribution in [3.8, 4) is 0 Å². The van der Waals surface area contributed by atoms with Gasteiger partial charge in [-0.3, -0.25) is 4.79 Å². The molecule has 0 aromatic rings. The molecular formula is C20H33F7O.